The van der Waals surface area contributed by atoms with Crippen molar-refractivity contribution in [2.75, 3.05) is 0 Å². The van der Waals surface area contributed by atoms with Crippen LogP contribution in [0.2, 0.25) is 0 Å². The molecule has 2 heteroatoms. The van der Waals surface area contributed by atoms with Gasteiger partial charge in [0.1, 0.15) is 0 Å². The first-order chi connectivity index (χ1) is 11.9. The van der Waals surface area contributed by atoms with Crippen LogP contribution in [-0.2, 0) is 9.47 Å². The fourth-order valence-corrected chi connectivity index (χ4v) is 4.50. The molecule has 24 heavy (non-hydrogen) atoms. The zero-order valence-electron chi connectivity index (χ0n) is 14.8. The van der Waals surface area contributed by atoms with Crippen molar-refractivity contribution in [2.24, 2.45) is 5.92 Å². The Bertz CT molecular complexity index is 529. The first-order valence-electron chi connectivity index (χ1n) is 9.99. The maximum atomic E-state index is 6.48. The van der Waals surface area contributed by atoms with Crippen LogP contribution >= 0.6 is 0 Å². The van der Waals surface area contributed by atoms with E-state index in [4.69, 9.17) is 9.47 Å². The number of ether oxygens (including phenoxy) is 2. The van der Waals surface area contributed by atoms with E-state index in [9.17, 15) is 0 Å². The molecule has 0 fully saturated rings. The lowest BCUT2D eigenvalue weighted by atomic mass is 9.89. The maximum Gasteiger partial charge on any atom is 0.250 e. The van der Waals surface area contributed by atoms with Crippen molar-refractivity contribution < 1.29 is 9.47 Å². The molecule has 0 amide bonds. The average Bonchev–Trinajstić information content (AvgIpc) is 3.38. The van der Waals surface area contributed by atoms with Gasteiger partial charge in [0, 0.05) is 12.8 Å². The molecule has 4 aliphatic rings. The van der Waals surface area contributed by atoms with Crippen LogP contribution in [0.4, 0.5) is 0 Å². The molecule has 0 radical (unpaired) electrons. The van der Waals surface area contributed by atoms with Crippen LogP contribution in [-0.4, -0.2) is 6.29 Å². The fraction of sp³-hybridized carbons (Fsp3) is 0.636. The standard InChI is InChI=1S/C22H30O2/c1-2-10-17(9-1)21(18-11-3-4-12-18)22(23-19-13-5-6-14-19)24-20-15-7-8-16-20/h9,11,13,15,21-22H,1-8,10,12,14,16H2. The van der Waals surface area contributed by atoms with Crippen LogP contribution < -0.4 is 0 Å². The van der Waals surface area contributed by atoms with Gasteiger partial charge in [-0.1, -0.05) is 23.3 Å². The minimum absolute atomic E-state index is 0.160. The van der Waals surface area contributed by atoms with Gasteiger partial charge in [0.25, 0.3) is 0 Å². The lowest BCUT2D eigenvalue weighted by Gasteiger charge is -2.31. The highest BCUT2D eigenvalue weighted by Crippen LogP contribution is 2.41. The normalized spacial score (nSPS) is 23.6. The third kappa shape index (κ3) is 3.63. The number of hydrogen-bond donors (Lipinski definition) is 0. The molecule has 0 aromatic carbocycles. The van der Waals surface area contributed by atoms with E-state index in [1.165, 1.54) is 51.4 Å². The molecular formula is C22H30O2. The Morgan fingerprint density at radius 1 is 0.583 bits per heavy atom. The van der Waals surface area contributed by atoms with Crippen molar-refractivity contribution >= 4 is 0 Å². The van der Waals surface area contributed by atoms with Crippen molar-refractivity contribution in [3.8, 4) is 0 Å². The Balaban J connectivity index is 1.59. The summed E-state index contributed by atoms with van der Waals surface area (Å²) in [6.45, 7) is 0. The highest BCUT2D eigenvalue weighted by molar-refractivity contribution is 5.27. The summed E-state index contributed by atoms with van der Waals surface area (Å²) in [5.41, 5.74) is 3.12. The SMILES string of the molecule is C1=C(OC(OC2=CCCC2)C(C2=CCCC2)C2=CCCC2)CCC1. The topological polar surface area (TPSA) is 18.5 Å². The summed E-state index contributed by atoms with van der Waals surface area (Å²) in [5, 5.41) is 0. The Hall–Kier alpha value is -1.44. The highest BCUT2D eigenvalue weighted by atomic mass is 16.7. The van der Waals surface area contributed by atoms with E-state index < -0.39 is 0 Å². The molecule has 0 atom stereocenters. The summed E-state index contributed by atoms with van der Waals surface area (Å²) in [5.74, 6) is 2.64. The van der Waals surface area contributed by atoms with Crippen LogP contribution in [0.5, 0.6) is 0 Å². The summed E-state index contributed by atoms with van der Waals surface area (Å²) in [7, 11) is 0. The predicted octanol–water partition coefficient (Wildman–Crippen LogP) is 6.32. The van der Waals surface area contributed by atoms with Gasteiger partial charge >= 0.3 is 0 Å². The molecule has 0 N–H and O–H groups in total. The molecular weight excluding hydrogens is 296 g/mol. The highest BCUT2D eigenvalue weighted by Gasteiger charge is 2.34. The summed E-state index contributed by atoms with van der Waals surface area (Å²) in [4.78, 5) is 0. The van der Waals surface area contributed by atoms with Crippen molar-refractivity contribution in [1.29, 1.82) is 0 Å². The average molecular weight is 326 g/mol. The van der Waals surface area contributed by atoms with Crippen molar-refractivity contribution in [1.82, 2.24) is 0 Å². The Labute approximate surface area is 146 Å². The smallest absolute Gasteiger partial charge is 0.250 e. The third-order valence-corrected chi connectivity index (χ3v) is 5.76. The van der Waals surface area contributed by atoms with Gasteiger partial charge in [-0.05, 0) is 76.4 Å². The van der Waals surface area contributed by atoms with Crippen LogP contribution in [0.3, 0.4) is 0 Å². The van der Waals surface area contributed by atoms with E-state index >= 15 is 0 Å². The molecule has 4 aliphatic carbocycles. The van der Waals surface area contributed by atoms with E-state index in [1.807, 2.05) is 0 Å². The minimum atomic E-state index is -0.160. The molecule has 0 spiro atoms. The molecule has 2 nitrogen and oxygen atoms in total. The van der Waals surface area contributed by atoms with Gasteiger partial charge in [0.15, 0.2) is 0 Å². The molecule has 0 aliphatic heterocycles. The molecule has 0 bridgehead atoms. The number of rotatable bonds is 7. The van der Waals surface area contributed by atoms with Gasteiger partial charge in [-0.3, -0.25) is 0 Å². The van der Waals surface area contributed by atoms with Gasteiger partial charge in [-0.2, -0.15) is 0 Å². The lowest BCUT2D eigenvalue weighted by molar-refractivity contribution is -0.109. The second kappa shape index (κ2) is 7.63. The summed E-state index contributed by atoms with van der Waals surface area (Å²) in [6.07, 6.45) is 23.6. The monoisotopic (exact) mass is 326 g/mol. The molecule has 0 heterocycles. The van der Waals surface area contributed by atoms with Gasteiger partial charge in [-0.15, -0.1) is 0 Å². The van der Waals surface area contributed by atoms with Gasteiger partial charge in [0.2, 0.25) is 6.29 Å². The van der Waals surface area contributed by atoms with Gasteiger partial charge in [0.05, 0.1) is 17.4 Å². The summed E-state index contributed by atoms with van der Waals surface area (Å²) >= 11 is 0. The second-order valence-electron chi connectivity index (χ2n) is 7.55. The third-order valence-electron chi connectivity index (χ3n) is 5.76. The Morgan fingerprint density at radius 2 is 1.04 bits per heavy atom. The Kier molecular flexibility index (Phi) is 5.10. The van der Waals surface area contributed by atoms with Crippen molar-refractivity contribution in [3.05, 3.63) is 47.0 Å². The van der Waals surface area contributed by atoms with E-state index in [-0.39, 0.29) is 6.29 Å². The molecule has 0 saturated heterocycles. The second-order valence-corrected chi connectivity index (χ2v) is 7.55. The zero-order valence-corrected chi connectivity index (χ0v) is 14.8. The minimum Gasteiger partial charge on any atom is -0.459 e. The van der Waals surface area contributed by atoms with Gasteiger partial charge in [-0.25, -0.2) is 0 Å². The Morgan fingerprint density at radius 3 is 1.42 bits per heavy atom. The molecule has 0 aromatic heterocycles. The molecule has 4 rings (SSSR count). The van der Waals surface area contributed by atoms with E-state index in [0.717, 1.165) is 37.2 Å². The number of allylic oxidation sites excluding steroid dienone is 6. The number of hydrogen-bond acceptors (Lipinski definition) is 2. The quantitative estimate of drug-likeness (QED) is 0.402. The van der Waals surface area contributed by atoms with Crippen LogP contribution in [0, 0.1) is 5.92 Å². The largest absolute Gasteiger partial charge is 0.459 e. The van der Waals surface area contributed by atoms with Crippen LogP contribution in [0.25, 0.3) is 0 Å². The van der Waals surface area contributed by atoms with E-state index in [1.54, 1.807) is 11.1 Å². The fourth-order valence-electron chi connectivity index (χ4n) is 4.50. The van der Waals surface area contributed by atoms with E-state index in [0.29, 0.717) is 5.92 Å². The van der Waals surface area contributed by atoms with Crippen LogP contribution in [0.1, 0.15) is 77.0 Å². The first kappa shape index (κ1) is 16.1. The van der Waals surface area contributed by atoms with Crippen LogP contribution in [0.15, 0.2) is 47.0 Å². The molecule has 0 saturated carbocycles. The maximum absolute atomic E-state index is 6.48. The summed E-state index contributed by atoms with van der Waals surface area (Å²) < 4.78 is 13.0. The van der Waals surface area contributed by atoms with Gasteiger partial charge < -0.3 is 9.47 Å². The zero-order chi connectivity index (χ0) is 16.2. The first-order valence-corrected chi connectivity index (χ1v) is 9.99. The summed E-state index contributed by atoms with van der Waals surface area (Å²) in [6, 6.07) is 0. The van der Waals surface area contributed by atoms with Crippen molar-refractivity contribution in [2.45, 2.75) is 83.3 Å². The lowest BCUT2D eigenvalue weighted by Crippen LogP contribution is -2.29. The molecule has 0 aromatic rings. The molecule has 0 unspecified atom stereocenters. The van der Waals surface area contributed by atoms with E-state index in [2.05, 4.69) is 24.3 Å². The molecule has 130 valence electrons. The van der Waals surface area contributed by atoms with Crippen molar-refractivity contribution in [3.63, 3.8) is 0 Å². The predicted molar refractivity (Wildman–Crippen MR) is 97.2 cm³/mol.